The zero-order valence-electron chi connectivity index (χ0n) is 7.41. The number of nitrogens with one attached hydrogen (secondary N) is 2. The molecule has 0 spiro atoms. The molecule has 0 aliphatic carbocycles. The van der Waals surface area contributed by atoms with Crippen LogP contribution in [-0.4, -0.2) is 19.6 Å². The quantitative estimate of drug-likeness (QED) is 0.673. The molecule has 70 valence electrons. The van der Waals surface area contributed by atoms with Crippen molar-refractivity contribution in [2.24, 2.45) is 0 Å². The Morgan fingerprint density at radius 3 is 2.69 bits per heavy atom. The van der Waals surface area contributed by atoms with Crippen LogP contribution in [0.5, 0.6) is 0 Å². The summed E-state index contributed by atoms with van der Waals surface area (Å²) in [7, 11) is 1.61. The van der Waals surface area contributed by atoms with E-state index in [2.05, 4.69) is 10.8 Å². The van der Waals surface area contributed by atoms with Crippen molar-refractivity contribution in [3.8, 4) is 0 Å². The Balaban J connectivity index is 2.37. The zero-order valence-corrected chi connectivity index (χ0v) is 7.41. The Hall–Kier alpha value is -1.39. The number of benzene rings is 1. The van der Waals surface area contributed by atoms with Crippen LogP contribution in [0.3, 0.4) is 0 Å². The third-order valence-corrected chi connectivity index (χ3v) is 1.41. The third kappa shape index (κ3) is 3.68. The maximum atomic E-state index is 11.1. The molecule has 0 bridgehead atoms. The molecule has 4 heteroatoms. The molecule has 13 heavy (non-hydrogen) atoms. The normalized spacial score (nSPS) is 9.62. The van der Waals surface area contributed by atoms with Crippen molar-refractivity contribution >= 4 is 11.6 Å². The number of para-hydroxylation sites is 1. The summed E-state index contributed by atoms with van der Waals surface area (Å²) in [4.78, 5) is 15.8. The number of carbonyl (C=O) groups is 1. The van der Waals surface area contributed by atoms with E-state index in [1.54, 1.807) is 7.05 Å². The lowest BCUT2D eigenvalue weighted by atomic mass is 10.3. The van der Waals surface area contributed by atoms with E-state index in [-0.39, 0.29) is 12.5 Å². The highest BCUT2D eigenvalue weighted by atomic mass is 16.6. The van der Waals surface area contributed by atoms with Gasteiger partial charge < -0.3 is 5.32 Å². The number of hydrogen-bond acceptors (Lipinski definition) is 3. The standard InChI is InChI=1S/C9H12N2O2/c1-10-13-7-9(12)11-8-5-3-2-4-6-8/h2-6,10H,7H2,1H3,(H,11,12). The van der Waals surface area contributed by atoms with E-state index in [1.165, 1.54) is 0 Å². The summed E-state index contributed by atoms with van der Waals surface area (Å²) in [6.07, 6.45) is 0. The van der Waals surface area contributed by atoms with Crippen molar-refractivity contribution in [3.63, 3.8) is 0 Å². The average molecular weight is 180 g/mol. The summed E-state index contributed by atoms with van der Waals surface area (Å²) in [6, 6.07) is 9.23. The van der Waals surface area contributed by atoms with Gasteiger partial charge in [-0.15, -0.1) is 0 Å². The van der Waals surface area contributed by atoms with E-state index >= 15 is 0 Å². The Bertz CT molecular complexity index is 262. The van der Waals surface area contributed by atoms with Gasteiger partial charge in [0.15, 0.2) is 0 Å². The highest BCUT2D eigenvalue weighted by molar-refractivity contribution is 5.91. The molecule has 0 unspecified atom stereocenters. The molecule has 0 saturated heterocycles. The van der Waals surface area contributed by atoms with Crippen LogP contribution in [0.25, 0.3) is 0 Å². The molecule has 1 rings (SSSR count). The van der Waals surface area contributed by atoms with Gasteiger partial charge in [-0.1, -0.05) is 18.2 Å². The van der Waals surface area contributed by atoms with Gasteiger partial charge in [0.25, 0.3) is 5.91 Å². The van der Waals surface area contributed by atoms with Gasteiger partial charge in [0.2, 0.25) is 0 Å². The fraction of sp³-hybridized carbons (Fsp3) is 0.222. The molecule has 0 aliphatic rings. The number of anilines is 1. The Kier molecular flexibility index (Phi) is 3.95. The van der Waals surface area contributed by atoms with Gasteiger partial charge in [-0.3, -0.25) is 9.63 Å². The largest absolute Gasteiger partial charge is 0.324 e. The summed E-state index contributed by atoms with van der Waals surface area (Å²) in [6.45, 7) is 0.00535. The lowest BCUT2D eigenvalue weighted by Crippen LogP contribution is -2.22. The molecule has 0 atom stereocenters. The maximum absolute atomic E-state index is 11.1. The van der Waals surface area contributed by atoms with Crippen LogP contribution in [0, 0.1) is 0 Å². The molecular weight excluding hydrogens is 168 g/mol. The van der Waals surface area contributed by atoms with Crippen molar-refractivity contribution in [1.82, 2.24) is 5.48 Å². The Morgan fingerprint density at radius 1 is 1.38 bits per heavy atom. The summed E-state index contributed by atoms with van der Waals surface area (Å²) < 4.78 is 0. The minimum atomic E-state index is -0.180. The second-order valence-electron chi connectivity index (χ2n) is 2.41. The topological polar surface area (TPSA) is 50.4 Å². The number of hydroxylamine groups is 1. The molecule has 4 nitrogen and oxygen atoms in total. The molecule has 0 aromatic heterocycles. The number of amides is 1. The summed E-state index contributed by atoms with van der Waals surface area (Å²) in [5, 5.41) is 2.67. The lowest BCUT2D eigenvalue weighted by Gasteiger charge is -2.03. The SMILES string of the molecule is CNOCC(=O)Nc1ccccc1. The Morgan fingerprint density at radius 2 is 2.08 bits per heavy atom. The van der Waals surface area contributed by atoms with E-state index in [4.69, 9.17) is 4.84 Å². The van der Waals surface area contributed by atoms with Gasteiger partial charge in [0, 0.05) is 12.7 Å². The lowest BCUT2D eigenvalue weighted by molar-refractivity contribution is -0.122. The molecule has 0 aliphatic heterocycles. The van der Waals surface area contributed by atoms with Crippen LogP contribution in [0.15, 0.2) is 30.3 Å². The maximum Gasteiger partial charge on any atom is 0.252 e. The second kappa shape index (κ2) is 5.29. The van der Waals surface area contributed by atoms with Crippen molar-refractivity contribution in [3.05, 3.63) is 30.3 Å². The first-order chi connectivity index (χ1) is 6.33. The van der Waals surface area contributed by atoms with Crippen LogP contribution in [0.1, 0.15) is 0 Å². The van der Waals surface area contributed by atoms with Crippen molar-refractivity contribution in [2.45, 2.75) is 0 Å². The fourth-order valence-corrected chi connectivity index (χ4v) is 0.856. The molecule has 0 heterocycles. The highest BCUT2D eigenvalue weighted by Crippen LogP contribution is 2.03. The van der Waals surface area contributed by atoms with E-state index < -0.39 is 0 Å². The van der Waals surface area contributed by atoms with Crippen LogP contribution in [-0.2, 0) is 9.63 Å². The summed E-state index contributed by atoms with van der Waals surface area (Å²) in [5.41, 5.74) is 3.19. The van der Waals surface area contributed by atoms with Crippen molar-refractivity contribution < 1.29 is 9.63 Å². The Labute approximate surface area is 76.9 Å². The first-order valence-corrected chi connectivity index (χ1v) is 3.96. The van der Waals surface area contributed by atoms with E-state index in [0.29, 0.717) is 0 Å². The number of hydrogen-bond donors (Lipinski definition) is 2. The molecule has 1 aromatic rings. The third-order valence-electron chi connectivity index (χ3n) is 1.41. The molecular formula is C9H12N2O2. The van der Waals surface area contributed by atoms with Gasteiger partial charge in [0.1, 0.15) is 6.61 Å². The van der Waals surface area contributed by atoms with Gasteiger partial charge in [-0.25, -0.2) is 5.48 Å². The van der Waals surface area contributed by atoms with Crippen LogP contribution in [0.4, 0.5) is 5.69 Å². The molecule has 0 saturated carbocycles. The number of rotatable bonds is 4. The average Bonchev–Trinajstić information content (AvgIpc) is 2.16. The van der Waals surface area contributed by atoms with E-state index in [0.717, 1.165) is 5.69 Å². The van der Waals surface area contributed by atoms with Crippen molar-refractivity contribution in [1.29, 1.82) is 0 Å². The fourth-order valence-electron chi connectivity index (χ4n) is 0.856. The second-order valence-corrected chi connectivity index (χ2v) is 2.41. The van der Waals surface area contributed by atoms with Crippen LogP contribution in [0.2, 0.25) is 0 Å². The van der Waals surface area contributed by atoms with E-state index in [1.807, 2.05) is 30.3 Å². The predicted octanol–water partition coefficient (Wildman–Crippen LogP) is 0.776. The van der Waals surface area contributed by atoms with Gasteiger partial charge in [-0.05, 0) is 12.1 Å². The minimum Gasteiger partial charge on any atom is -0.324 e. The van der Waals surface area contributed by atoms with Crippen molar-refractivity contribution in [2.75, 3.05) is 19.0 Å². The zero-order chi connectivity index (χ0) is 9.52. The summed E-state index contributed by atoms with van der Waals surface area (Å²) >= 11 is 0. The predicted molar refractivity (Wildman–Crippen MR) is 50.1 cm³/mol. The van der Waals surface area contributed by atoms with Gasteiger partial charge in [-0.2, -0.15) is 0 Å². The van der Waals surface area contributed by atoms with Crippen LogP contribution < -0.4 is 10.8 Å². The van der Waals surface area contributed by atoms with Gasteiger partial charge in [0.05, 0.1) is 0 Å². The molecule has 1 aromatic carbocycles. The number of carbonyl (C=O) groups excluding carboxylic acids is 1. The molecule has 0 radical (unpaired) electrons. The first kappa shape index (κ1) is 9.70. The molecule has 1 amide bonds. The monoisotopic (exact) mass is 180 g/mol. The van der Waals surface area contributed by atoms with E-state index in [9.17, 15) is 4.79 Å². The first-order valence-electron chi connectivity index (χ1n) is 3.96. The molecule has 2 N–H and O–H groups in total. The molecule has 0 fully saturated rings. The summed E-state index contributed by atoms with van der Waals surface area (Å²) in [5.74, 6) is -0.180. The van der Waals surface area contributed by atoms with Gasteiger partial charge >= 0.3 is 0 Å². The minimum absolute atomic E-state index is 0.00535. The highest BCUT2D eigenvalue weighted by Gasteiger charge is 2.00. The smallest absolute Gasteiger partial charge is 0.252 e. The van der Waals surface area contributed by atoms with Crippen LogP contribution >= 0.6 is 0 Å².